The third-order valence-electron chi connectivity index (χ3n) is 3.46. The monoisotopic (exact) mass is 335 g/mol. The van der Waals surface area contributed by atoms with E-state index < -0.39 is 16.8 Å². The summed E-state index contributed by atoms with van der Waals surface area (Å²) in [6.07, 6.45) is 0. The number of aromatic amines is 1. The zero-order valence-corrected chi connectivity index (χ0v) is 13.2. The number of fused-ring (bicyclic) bond motifs is 1. The number of carbonyl (C=O) groups is 1. The number of hydrogen-bond acceptors (Lipinski definition) is 5. The molecule has 0 unspecified atom stereocenters. The number of benzene rings is 1. The number of rotatable bonds is 2. The third-order valence-corrected chi connectivity index (χ3v) is 3.46. The van der Waals surface area contributed by atoms with E-state index in [0.29, 0.717) is 11.1 Å². The van der Waals surface area contributed by atoms with Crippen molar-refractivity contribution in [3.8, 4) is 0 Å². The van der Waals surface area contributed by atoms with Gasteiger partial charge in [0.25, 0.3) is 5.43 Å². The SMILES string of the molecule is CN(C)c1ccc2[nH]c3c(C([NH3+])=O)cc(=O)c(=O)c=3oc2c1.[Cl-]. The number of amides is 1. The van der Waals surface area contributed by atoms with Crippen LogP contribution in [0.25, 0.3) is 11.1 Å². The van der Waals surface area contributed by atoms with Gasteiger partial charge in [0.15, 0.2) is 5.58 Å². The van der Waals surface area contributed by atoms with E-state index in [1.165, 1.54) is 0 Å². The van der Waals surface area contributed by atoms with Crippen LogP contribution in [0.3, 0.4) is 0 Å². The van der Waals surface area contributed by atoms with Crippen LogP contribution in [-0.2, 0) is 0 Å². The molecule has 8 heteroatoms. The smallest absolute Gasteiger partial charge is 0.343 e. The Bertz CT molecular complexity index is 1080. The highest BCUT2D eigenvalue weighted by molar-refractivity contribution is 5.86. The Morgan fingerprint density at radius 3 is 2.52 bits per heavy atom. The van der Waals surface area contributed by atoms with E-state index in [1.807, 2.05) is 25.1 Å². The van der Waals surface area contributed by atoms with Gasteiger partial charge in [0.1, 0.15) is 10.9 Å². The molecule has 0 fully saturated rings. The topological polar surface area (TPSA) is 111 Å². The number of nitrogens with one attached hydrogen (secondary N) is 1. The van der Waals surface area contributed by atoms with Gasteiger partial charge < -0.3 is 26.7 Å². The van der Waals surface area contributed by atoms with Gasteiger partial charge in [0, 0.05) is 31.9 Å². The maximum atomic E-state index is 12.0. The van der Waals surface area contributed by atoms with Crippen molar-refractivity contribution >= 4 is 22.7 Å². The van der Waals surface area contributed by atoms with Crippen LogP contribution in [0.15, 0.2) is 38.3 Å². The Kier molecular flexibility index (Phi) is 4.26. The lowest BCUT2D eigenvalue weighted by Gasteiger charge is -2.12. The fraction of sp³-hybridized carbons (Fsp3) is 0.133. The molecular formula is C15H14ClN3O4. The molecule has 3 rings (SSSR count). The van der Waals surface area contributed by atoms with E-state index in [4.69, 9.17) is 4.42 Å². The highest BCUT2D eigenvalue weighted by atomic mass is 35.5. The van der Waals surface area contributed by atoms with Gasteiger partial charge in [-0.1, -0.05) is 0 Å². The van der Waals surface area contributed by atoms with Gasteiger partial charge >= 0.3 is 5.91 Å². The Balaban J connectivity index is 0.00000192. The van der Waals surface area contributed by atoms with Crippen LogP contribution >= 0.6 is 0 Å². The summed E-state index contributed by atoms with van der Waals surface area (Å²) in [5.41, 5.74) is 3.51. The maximum Gasteiger partial charge on any atom is 0.343 e. The van der Waals surface area contributed by atoms with Crippen molar-refractivity contribution in [2.75, 3.05) is 19.0 Å². The largest absolute Gasteiger partial charge is 1.00 e. The minimum Gasteiger partial charge on any atom is -1.00 e. The molecule has 0 bridgehead atoms. The van der Waals surface area contributed by atoms with Gasteiger partial charge in [0.2, 0.25) is 10.8 Å². The molecule has 23 heavy (non-hydrogen) atoms. The van der Waals surface area contributed by atoms with Crippen LogP contribution in [0.5, 0.6) is 0 Å². The lowest BCUT2D eigenvalue weighted by Crippen LogP contribution is -3.00. The van der Waals surface area contributed by atoms with E-state index in [9.17, 15) is 14.4 Å². The Hall–Kier alpha value is -2.64. The molecule has 7 nitrogen and oxygen atoms in total. The lowest BCUT2D eigenvalue weighted by molar-refractivity contribution is -0.255. The molecule has 1 aliphatic heterocycles. The summed E-state index contributed by atoms with van der Waals surface area (Å²) in [6.45, 7) is 0. The zero-order valence-electron chi connectivity index (χ0n) is 12.5. The van der Waals surface area contributed by atoms with E-state index >= 15 is 0 Å². The van der Waals surface area contributed by atoms with Crippen LogP contribution in [-0.4, -0.2) is 25.0 Å². The second-order valence-corrected chi connectivity index (χ2v) is 5.18. The highest BCUT2D eigenvalue weighted by Gasteiger charge is 2.15. The van der Waals surface area contributed by atoms with Crippen LogP contribution in [0.4, 0.5) is 5.69 Å². The molecule has 0 saturated carbocycles. The fourth-order valence-corrected chi connectivity index (χ4v) is 2.28. The lowest BCUT2D eigenvalue weighted by atomic mass is 10.2. The molecule has 0 radical (unpaired) electrons. The summed E-state index contributed by atoms with van der Waals surface area (Å²) in [5, 5.41) is 0.190. The van der Waals surface area contributed by atoms with Gasteiger partial charge in [0.05, 0.1) is 5.52 Å². The molecule has 2 aliphatic rings. The second-order valence-electron chi connectivity index (χ2n) is 5.18. The fourth-order valence-electron chi connectivity index (χ4n) is 2.28. The number of halogens is 1. The Morgan fingerprint density at radius 2 is 1.91 bits per heavy atom. The summed E-state index contributed by atoms with van der Waals surface area (Å²) in [4.78, 5) is 40.1. The van der Waals surface area contributed by atoms with E-state index in [0.717, 1.165) is 11.8 Å². The van der Waals surface area contributed by atoms with Crippen molar-refractivity contribution in [2.45, 2.75) is 0 Å². The summed E-state index contributed by atoms with van der Waals surface area (Å²) in [5.74, 6) is -0.558. The summed E-state index contributed by atoms with van der Waals surface area (Å²) in [6, 6.07) is 6.38. The van der Waals surface area contributed by atoms with Crippen LogP contribution in [0, 0.1) is 10.8 Å². The summed E-state index contributed by atoms with van der Waals surface area (Å²) >= 11 is 0. The molecule has 1 amide bonds. The average molecular weight is 336 g/mol. The van der Waals surface area contributed by atoms with Crippen molar-refractivity contribution in [3.63, 3.8) is 0 Å². The van der Waals surface area contributed by atoms with Gasteiger partial charge in [-0.3, -0.25) is 15.3 Å². The zero-order chi connectivity index (χ0) is 16.0. The molecule has 4 N–H and O–H groups in total. The number of hydrogen-bond donors (Lipinski definition) is 2. The van der Waals surface area contributed by atoms with Crippen molar-refractivity contribution < 1.29 is 27.4 Å². The Labute approximate surface area is 135 Å². The predicted molar refractivity (Wildman–Crippen MR) is 80.0 cm³/mol. The van der Waals surface area contributed by atoms with E-state index in [-0.39, 0.29) is 28.7 Å². The number of anilines is 1. The van der Waals surface area contributed by atoms with Crippen LogP contribution in [0.1, 0.15) is 10.4 Å². The maximum absolute atomic E-state index is 12.0. The minimum atomic E-state index is -0.792. The van der Waals surface area contributed by atoms with E-state index in [2.05, 4.69) is 10.7 Å². The number of aromatic nitrogens is 1. The van der Waals surface area contributed by atoms with Gasteiger partial charge in [-0.05, 0) is 12.1 Å². The number of quaternary nitrogens is 1. The molecule has 0 atom stereocenters. The first-order valence-electron chi connectivity index (χ1n) is 6.56. The standard InChI is InChI=1S/C15H13N3O4.ClH/c1-18(2)7-3-4-9-11(5-7)22-14-12(17-9)8(15(16)21)6-10(19)13(14)20;/h3-6,17H,1-2H3,(H2,16,21);1H. The van der Waals surface area contributed by atoms with E-state index in [1.54, 1.807) is 12.1 Å². The first kappa shape index (κ1) is 16.7. The molecule has 1 aromatic carbocycles. The molecular weight excluding hydrogens is 322 g/mol. The number of carbonyl (C=O) groups excluding carboxylic acids is 1. The second kappa shape index (κ2) is 5.86. The summed E-state index contributed by atoms with van der Waals surface area (Å²) in [7, 11) is 3.75. The number of nitrogens with zero attached hydrogens (tertiary/aromatic N) is 1. The summed E-state index contributed by atoms with van der Waals surface area (Å²) < 4.78 is 5.59. The molecule has 0 spiro atoms. The average Bonchev–Trinajstić information content (AvgIpc) is 2.48. The predicted octanol–water partition coefficient (Wildman–Crippen LogP) is -3.34. The van der Waals surface area contributed by atoms with Crippen molar-refractivity contribution in [2.24, 2.45) is 0 Å². The highest BCUT2D eigenvalue weighted by Crippen LogP contribution is 2.19. The minimum absolute atomic E-state index is 0. The van der Waals surface area contributed by atoms with Crippen molar-refractivity contribution in [1.82, 2.24) is 4.98 Å². The first-order valence-corrected chi connectivity index (χ1v) is 6.56. The normalized spacial score (nSPS) is 10.6. The number of H-pyrrole nitrogens is 1. The van der Waals surface area contributed by atoms with Crippen LogP contribution < -0.4 is 33.9 Å². The molecule has 0 aromatic heterocycles. The van der Waals surface area contributed by atoms with Gasteiger partial charge in [-0.2, -0.15) is 0 Å². The molecule has 0 saturated heterocycles. The van der Waals surface area contributed by atoms with Crippen molar-refractivity contribution in [3.05, 3.63) is 61.0 Å². The van der Waals surface area contributed by atoms with Gasteiger partial charge in [-0.15, -0.1) is 0 Å². The first-order chi connectivity index (χ1) is 10.4. The molecule has 1 heterocycles. The molecule has 1 aromatic rings. The van der Waals surface area contributed by atoms with Crippen LogP contribution in [0.2, 0.25) is 0 Å². The van der Waals surface area contributed by atoms with Crippen molar-refractivity contribution in [1.29, 1.82) is 0 Å². The third kappa shape index (κ3) is 2.71. The Morgan fingerprint density at radius 1 is 1.22 bits per heavy atom. The van der Waals surface area contributed by atoms with Gasteiger partial charge in [-0.25, -0.2) is 4.79 Å². The quantitative estimate of drug-likeness (QED) is 0.476. The molecule has 1 aliphatic carbocycles. The molecule has 120 valence electrons.